The second-order valence-electron chi connectivity index (χ2n) is 18.3. The van der Waals surface area contributed by atoms with Crippen LogP contribution in [0.4, 0.5) is 17.1 Å². The molecule has 0 saturated heterocycles. The average Bonchev–Trinajstić information content (AvgIpc) is 3.73. The van der Waals surface area contributed by atoms with Crippen LogP contribution in [0.5, 0.6) is 0 Å². The molecule has 1 nitrogen and oxygen atoms in total. The fourth-order valence-electron chi connectivity index (χ4n) is 12.0. The minimum absolute atomic E-state index is 0.528. The van der Waals surface area contributed by atoms with E-state index in [9.17, 15) is 0 Å². The Morgan fingerprint density at radius 1 is 0.217 bits per heavy atom. The highest BCUT2D eigenvalue weighted by molar-refractivity contribution is 5.93. The van der Waals surface area contributed by atoms with E-state index in [1.807, 2.05) is 0 Å². The Morgan fingerprint density at radius 3 is 1.12 bits per heavy atom. The fraction of sp³-hybridized carbons (Fsp3) is 0.0294. The van der Waals surface area contributed by atoms with Crippen LogP contribution in [0.25, 0.3) is 44.5 Å². The highest BCUT2D eigenvalue weighted by atomic mass is 15.1. The van der Waals surface area contributed by atoms with Crippen molar-refractivity contribution >= 4 is 17.1 Å². The summed E-state index contributed by atoms with van der Waals surface area (Å²) in [6, 6.07) is 105. The maximum Gasteiger partial charge on any atom is 0.0720 e. The smallest absolute Gasteiger partial charge is 0.0720 e. The number of nitrogens with zero attached hydrogens (tertiary/aromatic N) is 1. The van der Waals surface area contributed by atoms with Crippen molar-refractivity contribution in [2.24, 2.45) is 0 Å². The molecular weight excluding hydrogens is 831 g/mol. The summed E-state index contributed by atoms with van der Waals surface area (Å²) in [5, 5.41) is 0. The number of para-hydroxylation sites is 1. The average molecular weight is 878 g/mol. The molecule has 0 N–H and O–H groups in total. The quantitative estimate of drug-likeness (QED) is 0.147. The van der Waals surface area contributed by atoms with Crippen molar-refractivity contribution in [3.05, 3.63) is 330 Å². The van der Waals surface area contributed by atoms with E-state index < -0.39 is 10.8 Å². The molecule has 0 unspecified atom stereocenters. The first-order valence-corrected chi connectivity index (χ1v) is 24.0. The molecule has 0 aliphatic heterocycles. The van der Waals surface area contributed by atoms with E-state index in [2.05, 4.69) is 290 Å². The lowest BCUT2D eigenvalue weighted by Crippen LogP contribution is -2.44. The largest absolute Gasteiger partial charge is 0.310 e. The Kier molecular flexibility index (Phi) is 9.70. The van der Waals surface area contributed by atoms with Crippen LogP contribution in [0.15, 0.2) is 285 Å². The van der Waals surface area contributed by atoms with Crippen molar-refractivity contribution in [3.8, 4) is 44.5 Å². The van der Waals surface area contributed by atoms with E-state index in [-0.39, 0.29) is 0 Å². The van der Waals surface area contributed by atoms with E-state index >= 15 is 0 Å². The van der Waals surface area contributed by atoms with Crippen molar-refractivity contribution in [2.75, 3.05) is 4.90 Å². The van der Waals surface area contributed by atoms with Gasteiger partial charge in [0.05, 0.1) is 16.5 Å². The number of benzene rings is 11. The van der Waals surface area contributed by atoms with Gasteiger partial charge in [-0.15, -0.1) is 0 Å². The number of hydrogen-bond donors (Lipinski definition) is 0. The molecule has 0 saturated carbocycles. The molecule has 2 aliphatic carbocycles. The van der Waals surface area contributed by atoms with Crippen molar-refractivity contribution < 1.29 is 0 Å². The standard InChI is InChI=1S/C68H47N/c1-5-21-48(22-6-1)49-37-42-55(43-38-49)69(66-36-20-14-29-57(66)51-23-7-2-8-24-51)56-44-39-50(40-45-56)52-41-46-61-59(47-52)58-30-13-15-31-60(58)68(61)64-34-18-16-32-62(64)67(53-25-9-3-10-26-53,54-27-11-4-12-28-54)63-33-17-19-35-65(63)68/h1-47H. The second-order valence-corrected chi connectivity index (χ2v) is 18.3. The maximum atomic E-state index is 2.45. The molecule has 11 aromatic carbocycles. The molecule has 0 aromatic heterocycles. The summed E-state index contributed by atoms with van der Waals surface area (Å²) < 4.78 is 0. The molecule has 11 aromatic rings. The van der Waals surface area contributed by atoms with Crippen LogP contribution in [0.1, 0.15) is 44.5 Å². The highest BCUT2D eigenvalue weighted by Gasteiger charge is 2.56. The molecule has 324 valence electrons. The Labute approximate surface area is 404 Å². The van der Waals surface area contributed by atoms with E-state index in [0.717, 1.165) is 17.1 Å². The van der Waals surface area contributed by atoms with Gasteiger partial charge in [-0.3, -0.25) is 0 Å². The van der Waals surface area contributed by atoms with E-state index in [1.54, 1.807) is 0 Å². The summed E-state index contributed by atoms with van der Waals surface area (Å²) in [6.45, 7) is 0. The number of rotatable bonds is 8. The molecule has 2 aliphatic rings. The van der Waals surface area contributed by atoms with E-state index in [0.29, 0.717) is 0 Å². The van der Waals surface area contributed by atoms with Crippen LogP contribution in [0, 0.1) is 0 Å². The molecule has 0 radical (unpaired) electrons. The highest BCUT2D eigenvalue weighted by Crippen LogP contribution is 2.64. The third-order valence-electron chi connectivity index (χ3n) is 14.8. The van der Waals surface area contributed by atoms with Crippen molar-refractivity contribution in [2.45, 2.75) is 10.8 Å². The van der Waals surface area contributed by atoms with Crippen LogP contribution in [0.2, 0.25) is 0 Å². The van der Waals surface area contributed by atoms with Gasteiger partial charge in [-0.05, 0) is 120 Å². The minimum atomic E-state index is -0.530. The zero-order valence-corrected chi connectivity index (χ0v) is 38.1. The lowest BCUT2D eigenvalue weighted by atomic mass is 9.51. The van der Waals surface area contributed by atoms with Crippen LogP contribution in [-0.4, -0.2) is 0 Å². The van der Waals surface area contributed by atoms with Gasteiger partial charge in [-0.25, -0.2) is 0 Å². The molecule has 0 fully saturated rings. The summed E-state index contributed by atoms with van der Waals surface area (Å²) in [4.78, 5) is 2.40. The molecule has 69 heavy (non-hydrogen) atoms. The molecule has 0 atom stereocenters. The molecular formula is C68H47N. The Bertz CT molecular complexity index is 3540. The topological polar surface area (TPSA) is 3.24 Å². The van der Waals surface area contributed by atoms with Crippen LogP contribution in [0.3, 0.4) is 0 Å². The van der Waals surface area contributed by atoms with Crippen molar-refractivity contribution in [1.82, 2.24) is 0 Å². The van der Waals surface area contributed by atoms with Gasteiger partial charge in [0.25, 0.3) is 0 Å². The second kappa shape index (κ2) is 16.5. The number of anilines is 3. The number of fused-ring (bicyclic) bond motifs is 9. The molecule has 1 heteroatoms. The van der Waals surface area contributed by atoms with Crippen LogP contribution >= 0.6 is 0 Å². The SMILES string of the molecule is c1ccc(-c2ccc(N(c3ccc(-c4ccc5c(c4)-c4ccccc4C54c5ccccc5C(c5ccccc5)(c5ccccc5)c5ccccc54)cc3)c3ccccc3-c3ccccc3)cc2)cc1. The van der Waals surface area contributed by atoms with Gasteiger partial charge in [-0.2, -0.15) is 0 Å². The van der Waals surface area contributed by atoms with Gasteiger partial charge in [0, 0.05) is 16.9 Å². The monoisotopic (exact) mass is 877 g/mol. The summed E-state index contributed by atoms with van der Waals surface area (Å²) in [5.41, 5.74) is 22.4. The zero-order chi connectivity index (χ0) is 45.8. The summed E-state index contributed by atoms with van der Waals surface area (Å²) in [6.07, 6.45) is 0. The first-order chi connectivity index (χ1) is 34.2. The third kappa shape index (κ3) is 6.24. The van der Waals surface area contributed by atoms with Gasteiger partial charge >= 0.3 is 0 Å². The first-order valence-electron chi connectivity index (χ1n) is 24.0. The maximum absolute atomic E-state index is 2.45. The Balaban J connectivity index is 0.959. The van der Waals surface area contributed by atoms with Crippen LogP contribution < -0.4 is 4.90 Å². The van der Waals surface area contributed by atoms with Crippen LogP contribution in [-0.2, 0) is 10.8 Å². The summed E-state index contributed by atoms with van der Waals surface area (Å²) in [7, 11) is 0. The van der Waals surface area contributed by atoms with Gasteiger partial charge < -0.3 is 4.90 Å². The predicted molar refractivity (Wildman–Crippen MR) is 287 cm³/mol. The lowest BCUT2D eigenvalue weighted by molar-refractivity contribution is 0.623. The molecule has 13 rings (SSSR count). The predicted octanol–water partition coefficient (Wildman–Crippen LogP) is 17.2. The van der Waals surface area contributed by atoms with E-state index in [4.69, 9.17) is 0 Å². The summed E-state index contributed by atoms with van der Waals surface area (Å²) in [5.74, 6) is 0. The first kappa shape index (κ1) is 40.5. The van der Waals surface area contributed by atoms with Gasteiger partial charge in [0.2, 0.25) is 0 Å². The number of hydrogen-bond acceptors (Lipinski definition) is 1. The molecule has 0 amide bonds. The van der Waals surface area contributed by atoms with Crippen molar-refractivity contribution in [1.29, 1.82) is 0 Å². The molecule has 0 heterocycles. The zero-order valence-electron chi connectivity index (χ0n) is 38.1. The Hall–Kier alpha value is -8.78. The lowest BCUT2D eigenvalue weighted by Gasteiger charge is -2.50. The minimum Gasteiger partial charge on any atom is -0.310 e. The molecule has 1 spiro atoms. The van der Waals surface area contributed by atoms with Gasteiger partial charge in [0.15, 0.2) is 0 Å². The summed E-state index contributed by atoms with van der Waals surface area (Å²) >= 11 is 0. The normalized spacial score (nSPS) is 13.4. The van der Waals surface area contributed by atoms with Gasteiger partial charge in [-0.1, -0.05) is 249 Å². The van der Waals surface area contributed by atoms with Crippen molar-refractivity contribution in [3.63, 3.8) is 0 Å². The van der Waals surface area contributed by atoms with E-state index in [1.165, 1.54) is 89.0 Å². The third-order valence-corrected chi connectivity index (χ3v) is 14.8. The van der Waals surface area contributed by atoms with Gasteiger partial charge in [0.1, 0.15) is 0 Å². The Morgan fingerprint density at radius 2 is 0.580 bits per heavy atom. The fourth-order valence-corrected chi connectivity index (χ4v) is 12.0. The molecule has 0 bridgehead atoms.